The first-order valence-electron chi connectivity index (χ1n) is 7.49. The van der Waals surface area contributed by atoms with Gasteiger partial charge in [0.2, 0.25) is 0 Å². The molecular weight excluding hydrogens is 319 g/mol. The molecule has 0 radical (unpaired) electrons. The largest absolute Gasteiger partial charge is 0.491 e. The maximum absolute atomic E-state index is 14.5. The zero-order chi connectivity index (χ0) is 17.7. The van der Waals surface area contributed by atoms with Gasteiger partial charge in [-0.05, 0) is 30.7 Å². The van der Waals surface area contributed by atoms with Crippen LogP contribution in [0.15, 0.2) is 48.2 Å². The molecule has 24 heavy (non-hydrogen) atoms. The highest BCUT2D eigenvalue weighted by Gasteiger charge is 2.24. The molecule has 0 bridgehead atoms. The lowest BCUT2D eigenvalue weighted by atomic mass is 10.0. The Kier molecular flexibility index (Phi) is 6.09. The molecule has 1 aliphatic rings. The highest BCUT2D eigenvalue weighted by Crippen LogP contribution is 2.33. The molecule has 0 saturated carbocycles. The zero-order valence-electron chi connectivity index (χ0n) is 13.7. The van der Waals surface area contributed by atoms with Gasteiger partial charge >= 0.3 is 0 Å². The van der Waals surface area contributed by atoms with Crippen LogP contribution in [0.1, 0.15) is 12.5 Å². The second kappa shape index (κ2) is 8.06. The SMILES string of the molecule is C=C1C(C)=CC=C(c2ccc(OCCOC)cc2F)N1CC(F)F. The molecule has 0 amide bonds. The molecule has 0 atom stereocenters. The van der Waals surface area contributed by atoms with Gasteiger partial charge in [0, 0.05) is 24.4 Å². The molecule has 1 aromatic rings. The summed E-state index contributed by atoms with van der Waals surface area (Å²) < 4.78 is 50.5. The normalized spacial score (nSPS) is 14.8. The fourth-order valence-electron chi connectivity index (χ4n) is 2.37. The van der Waals surface area contributed by atoms with E-state index in [-0.39, 0.29) is 5.56 Å². The number of methoxy groups -OCH3 is 1. The third kappa shape index (κ3) is 4.20. The summed E-state index contributed by atoms with van der Waals surface area (Å²) in [7, 11) is 1.54. The Morgan fingerprint density at radius 3 is 2.58 bits per heavy atom. The average molecular weight is 339 g/mol. The van der Waals surface area contributed by atoms with E-state index in [1.165, 1.54) is 17.0 Å². The van der Waals surface area contributed by atoms with Crippen LogP contribution in [-0.4, -0.2) is 38.2 Å². The topological polar surface area (TPSA) is 21.7 Å². The van der Waals surface area contributed by atoms with Crippen LogP contribution < -0.4 is 4.74 Å². The van der Waals surface area contributed by atoms with Crippen molar-refractivity contribution in [1.29, 1.82) is 0 Å². The van der Waals surface area contributed by atoms with E-state index in [0.717, 1.165) is 5.57 Å². The maximum Gasteiger partial charge on any atom is 0.256 e. The summed E-state index contributed by atoms with van der Waals surface area (Å²) in [5.74, 6) is -0.188. The second-order valence-corrected chi connectivity index (χ2v) is 5.33. The minimum atomic E-state index is -2.56. The van der Waals surface area contributed by atoms with Crippen molar-refractivity contribution in [2.45, 2.75) is 13.3 Å². The van der Waals surface area contributed by atoms with E-state index in [1.54, 1.807) is 32.3 Å². The lowest BCUT2D eigenvalue weighted by Gasteiger charge is -2.32. The van der Waals surface area contributed by atoms with Gasteiger partial charge in [-0.15, -0.1) is 0 Å². The van der Waals surface area contributed by atoms with Gasteiger partial charge < -0.3 is 14.4 Å². The van der Waals surface area contributed by atoms with Crippen molar-refractivity contribution >= 4 is 5.70 Å². The number of hydrogen-bond donors (Lipinski definition) is 0. The summed E-state index contributed by atoms with van der Waals surface area (Å²) in [5.41, 5.74) is 1.78. The molecule has 0 N–H and O–H groups in total. The van der Waals surface area contributed by atoms with E-state index >= 15 is 0 Å². The summed E-state index contributed by atoms with van der Waals surface area (Å²) in [5, 5.41) is 0. The van der Waals surface area contributed by atoms with E-state index in [0.29, 0.717) is 30.4 Å². The van der Waals surface area contributed by atoms with Crippen LogP contribution >= 0.6 is 0 Å². The van der Waals surface area contributed by atoms with Gasteiger partial charge in [-0.2, -0.15) is 0 Å². The maximum atomic E-state index is 14.5. The molecule has 0 unspecified atom stereocenters. The smallest absolute Gasteiger partial charge is 0.256 e. The molecule has 130 valence electrons. The quantitative estimate of drug-likeness (QED) is 0.694. The number of halogens is 3. The van der Waals surface area contributed by atoms with Crippen LogP contribution in [0.2, 0.25) is 0 Å². The third-order valence-electron chi connectivity index (χ3n) is 3.66. The summed E-state index contributed by atoms with van der Waals surface area (Å²) in [6.07, 6.45) is 0.800. The molecule has 1 aromatic carbocycles. The highest BCUT2D eigenvalue weighted by atomic mass is 19.3. The molecule has 1 aliphatic heterocycles. The molecule has 0 fully saturated rings. The number of nitrogens with zero attached hydrogens (tertiary/aromatic N) is 1. The monoisotopic (exact) mass is 339 g/mol. The van der Waals surface area contributed by atoms with Crippen molar-refractivity contribution in [2.75, 3.05) is 26.9 Å². The third-order valence-corrected chi connectivity index (χ3v) is 3.66. The van der Waals surface area contributed by atoms with E-state index < -0.39 is 18.8 Å². The lowest BCUT2D eigenvalue weighted by molar-refractivity contribution is 0.123. The fraction of sp³-hybridized carbons (Fsp3) is 0.333. The average Bonchev–Trinajstić information content (AvgIpc) is 2.53. The van der Waals surface area contributed by atoms with Gasteiger partial charge in [0.15, 0.2) is 0 Å². The molecule has 0 aromatic heterocycles. The Morgan fingerprint density at radius 2 is 1.96 bits per heavy atom. The number of allylic oxidation sites excluding steroid dienone is 3. The Hall–Kier alpha value is -2.21. The van der Waals surface area contributed by atoms with Gasteiger partial charge in [0.1, 0.15) is 18.2 Å². The van der Waals surface area contributed by atoms with Crippen LogP contribution in [0, 0.1) is 5.82 Å². The standard InChI is InChI=1S/C18H20F3NO2/c1-12-4-7-17(22(13(12)2)11-18(20)21)15-6-5-14(10-16(15)19)24-9-8-23-3/h4-7,10,18H,2,8-9,11H2,1,3H3. The zero-order valence-corrected chi connectivity index (χ0v) is 13.7. The molecular formula is C18H20F3NO2. The summed E-state index contributed by atoms with van der Waals surface area (Å²) >= 11 is 0. The molecule has 0 spiro atoms. The number of benzene rings is 1. The van der Waals surface area contributed by atoms with Crippen molar-refractivity contribution in [3.63, 3.8) is 0 Å². The Bertz CT molecular complexity index is 668. The highest BCUT2D eigenvalue weighted by molar-refractivity contribution is 5.71. The Labute approximate surface area is 139 Å². The second-order valence-electron chi connectivity index (χ2n) is 5.33. The van der Waals surface area contributed by atoms with Gasteiger partial charge in [-0.3, -0.25) is 0 Å². The van der Waals surface area contributed by atoms with Crippen molar-refractivity contribution in [1.82, 2.24) is 4.90 Å². The van der Waals surface area contributed by atoms with Crippen LogP contribution in [0.25, 0.3) is 5.70 Å². The van der Waals surface area contributed by atoms with Crippen LogP contribution in [0.4, 0.5) is 13.2 Å². The fourth-order valence-corrected chi connectivity index (χ4v) is 2.37. The van der Waals surface area contributed by atoms with Crippen LogP contribution in [0.5, 0.6) is 5.75 Å². The molecule has 0 saturated heterocycles. The lowest BCUT2D eigenvalue weighted by Crippen LogP contribution is -2.29. The summed E-state index contributed by atoms with van der Waals surface area (Å²) in [4.78, 5) is 1.34. The van der Waals surface area contributed by atoms with E-state index in [4.69, 9.17) is 9.47 Å². The number of hydrogen-bond acceptors (Lipinski definition) is 3. The van der Waals surface area contributed by atoms with E-state index in [2.05, 4.69) is 6.58 Å². The summed E-state index contributed by atoms with van der Waals surface area (Å²) in [6.45, 7) is 5.75. The van der Waals surface area contributed by atoms with Crippen molar-refractivity contribution < 1.29 is 22.6 Å². The van der Waals surface area contributed by atoms with Gasteiger partial charge in [0.05, 0.1) is 18.8 Å². The van der Waals surface area contributed by atoms with Gasteiger partial charge in [-0.25, -0.2) is 13.2 Å². The minimum Gasteiger partial charge on any atom is -0.491 e. The predicted molar refractivity (Wildman–Crippen MR) is 87.4 cm³/mol. The molecule has 1 heterocycles. The van der Waals surface area contributed by atoms with Crippen molar-refractivity contribution in [3.8, 4) is 5.75 Å². The van der Waals surface area contributed by atoms with Crippen LogP contribution in [0.3, 0.4) is 0 Å². The van der Waals surface area contributed by atoms with E-state index in [9.17, 15) is 13.2 Å². The first kappa shape index (κ1) is 18.1. The predicted octanol–water partition coefficient (Wildman–Crippen LogP) is 4.23. The first-order valence-corrected chi connectivity index (χ1v) is 7.49. The molecule has 6 heteroatoms. The number of rotatable bonds is 7. The summed E-state index contributed by atoms with van der Waals surface area (Å²) in [6, 6.07) is 4.35. The van der Waals surface area contributed by atoms with Gasteiger partial charge in [0.25, 0.3) is 6.43 Å². The Balaban J connectivity index is 2.29. The Morgan fingerprint density at radius 1 is 1.21 bits per heavy atom. The van der Waals surface area contributed by atoms with Gasteiger partial charge in [-0.1, -0.05) is 12.7 Å². The molecule has 2 rings (SSSR count). The first-order chi connectivity index (χ1) is 11.4. The molecule has 0 aliphatic carbocycles. The number of alkyl halides is 2. The van der Waals surface area contributed by atoms with Crippen molar-refractivity contribution in [2.24, 2.45) is 0 Å². The van der Waals surface area contributed by atoms with Crippen LogP contribution in [-0.2, 0) is 4.74 Å². The van der Waals surface area contributed by atoms with E-state index in [1.807, 2.05) is 0 Å². The van der Waals surface area contributed by atoms with Crippen molar-refractivity contribution in [3.05, 3.63) is 59.6 Å². The minimum absolute atomic E-state index is 0.222. The molecule has 3 nitrogen and oxygen atoms in total. The number of ether oxygens (including phenoxy) is 2.